The minimum Gasteiger partial charge on any atom is -0.371 e. The summed E-state index contributed by atoms with van der Waals surface area (Å²) in [5.74, 6) is -0.379. The number of alkyl halides is 2. The van der Waals surface area contributed by atoms with E-state index in [4.69, 9.17) is 23.2 Å². The Morgan fingerprint density at radius 3 is 2.60 bits per heavy atom. The Morgan fingerprint density at radius 2 is 1.95 bits per heavy atom. The number of benzene rings is 1. The van der Waals surface area contributed by atoms with Gasteiger partial charge < -0.3 is 10.2 Å². The van der Waals surface area contributed by atoms with Crippen LogP contribution >= 0.6 is 23.2 Å². The molecule has 108 valence electrons. The third-order valence-corrected chi connectivity index (χ3v) is 4.81. The monoisotopic (exact) mass is 312 g/mol. The molecule has 0 radical (unpaired) electrons. The molecule has 1 unspecified atom stereocenters. The number of piperidine rings is 1. The van der Waals surface area contributed by atoms with Crippen LogP contribution in [0.1, 0.15) is 25.7 Å². The van der Waals surface area contributed by atoms with Crippen LogP contribution in [-0.2, 0) is 4.79 Å². The number of rotatable bonds is 3. The molecule has 0 spiro atoms. The Bertz CT molecular complexity index is 512. The summed E-state index contributed by atoms with van der Waals surface area (Å²) < 4.78 is -0.867. The van der Waals surface area contributed by atoms with Crippen LogP contribution in [0, 0.1) is 5.92 Å². The molecule has 3 rings (SSSR count). The molecule has 0 aromatic heterocycles. The molecule has 3 nitrogen and oxygen atoms in total. The number of carbonyl (C=O) groups is 1. The first-order chi connectivity index (χ1) is 9.56. The molecule has 1 aromatic rings. The number of anilines is 2. The molecular weight excluding hydrogens is 295 g/mol. The number of hydrogen-bond acceptors (Lipinski definition) is 2. The van der Waals surface area contributed by atoms with E-state index in [1.807, 2.05) is 18.2 Å². The smallest absolute Gasteiger partial charge is 0.230 e. The van der Waals surface area contributed by atoms with E-state index in [1.165, 1.54) is 24.9 Å². The number of amides is 1. The largest absolute Gasteiger partial charge is 0.371 e. The van der Waals surface area contributed by atoms with Crippen LogP contribution in [0.2, 0.25) is 0 Å². The van der Waals surface area contributed by atoms with Gasteiger partial charge >= 0.3 is 0 Å². The molecule has 20 heavy (non-hydrogen) atoms. The SMILES string of the molecule is O=C(Nc1cccc(N2CCCCC2)c1)C1CC1(Cl)Cl. The lowest BCUT2D eigenvalue weighted by Crippen LogP contribution is -2.29. The van der Waals surface area contributed by atoms with Gasteiger partial charge in [-0.05, 0) is 43.9 Å². The lowest BCUT2D eigenvalue weighted by Gasteiger charge is -2.29. The number of nitrogens with zero attached hydrogens (tertiary/aromatic N) is 1. The second kappa shape index (κ2) is 5.45. The van der Waals surface area contributed by atoms with Crippen molar-refractivity contribution in [3.8, 4) is 0 Å². The molecule has 1 heterocycles. The molecule has 1 saturated carbocycles. The summed E-state index contributed by atoms with van der Waals surface area (Å²) in [4.78, 5) is 14.3. The molecule has 0 bridgehead atoms. The topological polar surface area (TPSA) is 32.3 Å². The standard InChI is InChI=1S/C15H18Cl2N2O/c16-15(17)10-13(15)14(20)18-11-5-4-6-12(9-11)19-7-2-1-3-8-19/h4-6,9,13H,1-3,7-8,10H2,(H,18,20). The highest BCUT2D eigenvalue weighted by atomic mass is 35.5. The highest BCUT2D eigenvalue weighted by Gasteiger charge is 2.56. The van der Waals surface area contributed by atoms with E-state index in [2.05, 4.69) is 16.3 Å². The van der Waals surface area contributed by atoms with E-state index in [1.54, 1.807) is 0 Å². The molecule has 2 fully saturated rings. The number of halogens is 2. The summed E-state index contributed by atoms with van der Waals surface area (Å²) in [6.07, 6.45) is 4.31. The van der Waals surface area contributed by atoms with Gasteiger partial charge in [-0.15, -0.1) is 23.2 Å². The Hall–Kier alpha value is -0.930. The highest BCUT2D eigenvalue weighted by molar-refractivity contribution is 6.52. The van der Waals surface area contributed by atoms with Gasteiger partial charge in [-0.25, -0.2) is 0 Å². The first-order valence-corrected chi connectivity index (χ1v) is 7.85. The lowest BCUT2D eigenvalue weighted by molar-refractivity contribution is -0.117. The zero-order chi connectivity index (χ0) is 14.2. The van der Waals surface area contributed by atoms with Crippen LogP contribution in [-0.4, -0.2) is 23.3 Å². The number of hydrogen-bond donors (Lipinski definition) is 1. The Morgan fingerprint density at radius 1 is 1.25 bits per heavy atom. The van der Waals surface area contributed by atoms with E-state index < -0.39 is 4.33 Å². The van der Waals surface area contributed by atoms with Gasteiger partial charge in [0.15, 0.2) is 0 Å². The van der Waals surface area contributed by atoms with E-state index in [-0.39, 0.29) is 11.8 Å². The minimum atomic E-state index is -0.867. The number of carbonyl (C=O) groups excluding carboxylic acids is 1. The van der Waals surface area contributed by atoms with Crippen molar-refractivity contribution < 1.29 is 4.79 Å². The minimum absolute atomic E-state index is 0.0919. The third-order valence-electron chi connectivity index (χ3n) is 3.98. The molecule has 2 aliphatic rings. The zero-order valence-corrected chi connectivity index (χ0v) is 12.8. The molecular formula is C15H18Cl2N2O. The fourth-order valence-electron chi connectivity index (χ4n) is 2.66. The van der Waals surface area contributed by atoms with E-state index in [9.17, 15) is 4.79 Å². The first kappa shape index (κ1) is 14.0. The van der Waals surface area contributed by atoms with Crippen molar-refractivity contribution in [2.75, 3.05) is 23.3 Å². The second-order valence-corrected chi connectivity index (χ2v) is 7.15. The summed E-state index contributed by atoms with van der Waals surface area (Å²) in [6.45, 7) is 2.18. The molecule has 1 aliphatic carbocycles. The quantitative estimate of drug-likeness (QED) is 0.861. The predicted molar refractivity (Wildman–Crippen MR) is 83.7 cm³/mol. The highest BCUT2D eigenvalue weighted by Crippen LogP contribution is 2.53. The van der Waals surface area contributed by atoms with Crippen molar-refractivity contribution in [2.24, 2.45) is 5.92 Å². The average Bonchev–Trinajstić information content (AvgIpc) is 3.09. The summed E-state index contributed by atoms with van der Waals surface area (Å²) in [7, 11) is 0. The number of nitrogens with one attached hydrogen (secondary N) is 1. The maximum atomic E-state index is 12.0. The summed E-state index contributed by atoms with van der Waals surface area (Å²) >= 11 is 11.8. The molecule has 1 atom stereocenters. The van der Waals surface area contributed by atoms with Gasteiger partial charge in [0.2, 0.25) is 5.91 Å². The van der Waals surface area contributed by atoms with Crippen molar-refractivity contribution in [1.29, 1.82) is 0 Å². The maximum absolute atomic E-state index is 12.0. The van der Waals surface area contributed by atoms with Crippen molar-refractivity contribution in [3.63, 3.8) is 0 Å². The van der Waals surface area contributed by atoms with Gasteiger partial charge in [-0.2, -0.15) is 0 Å². The van der Waals surface area contributed by atoms with Gasteiger partial charge in [0, 0.05) is 24.5 Å². The van der Waals surface area contributed by atoms with E-state index >= 15 is 0 Å². The molecule has 1 aromatic carbocycles. The van der Waals surface area contributed by atoms with Crippen molar-refractivity contribution >= 4 is 40.5 Å². The van der Waals surface area contributed by atoms with Crippen LogP contribution in [0.5, 0.6) is 0 Å². The third kappa shape index (κ3) is 3.04. The fourth-order valence-corrected chi connectivity index (χ4v) is 3.17. The summed E-state index contributed by atoms with van der Waals surface area (Å²) in [5.41, 5.74) is 1.98. The molecule has 1 N–H and O–H groups in total. The fraction of sp³-hybridized carbons (Fsp3) is 0.533. The van der Waals surface area contributed by atoms with Gasteiger partial charge in [-0.3, -0.25) is 4.79 Å². The first-order valence-electron chi connectivity index (χ1n) is 7.10. The molecule has 1 amide bonds. The van der Waals surface area contributed by atoms with Gasteiger partial charge in [0.1, 0.15) is 4.33 Å². The Labute approximate surface area is 129 Å². The van der Waals surface area contributed by atoms with Crippen molar-refractivity contribution in [1.82, 2.24) is 0 Å². The summed E-state index contributed by atoms with van der Waals surface area (Å²) in [5, 5.41) is 2.90. The Balaban J connectivity index is 1.66. The van der Waals surface area contributed by atoms with Gasteiger partial charge in [-0.1, -0.05) is 6.07 Å². The van der Waals surface area contributed by atoms with Crippen LogP contribution in [0.25, 0.3) is 0 Å². The van der Waals surface area contributed by atoms with Crippen LogP contribution < -0.4 is 10.2 Å². The predicted octanol–water partition coefficient (Wildman–Crippen LogP) is 3.81. The van der Waals surface area contributed by atoms with Crippen LogP contribution in [0.15, 0.2) is 24.3 Å². The average molecular weight is 313 g/mol. The van der Waals surface area contributed by atoms with E-state index in [0.717, 1.165) is 18.8 Å². The molecule has 5 heteroatoms. The lowest BCUT2D eigenvalue weighted by atomic mass is 10.1. The van der Waals surface area contributed by atoms with Crippen LogP contribution in [0.4, 0.5) is 11.4 Å². The second-order valence-electron chi connectivity index (χ2n) is 5.61. The molecule has 1 saturated heterocycles. The summed E-state index contributed by atoms with van der Waals surface area (Å²) in [6, 6.07) is 7.99. The van der Waals surface area contributed by atoms with E-state index in [0.29, 0.717) is 6.42 Å². The van der Waals surface area contributed by atoms with Gasteiger partial charge in [0.25, 0.3) is 0 Å². The normalized spacial score (nSPS) is 24.3. The maximum Gasteiger partial charge on any atom is 0.230 e. The molecule has 1 aliphatic heterocycles. The Kier molecular flexibility index (Phi) is 3.83. The van der Waals surface area contributed by atoms with Gasteiger partial charge in [0.05, 0.1) is 5.92 Å². The zero-order valence-electron chi connectivity index (χ0n) is 11.2. The van der Waals surface area contributed by atoms with Crippen molar-refractivity contribution in [3.05, 3.63) is 24.3 Å². The van der Waals surface area contributed by atoms with Crippen molar-refractivity contribution in [2.45, 2.75) is 30.0 Å². The van der Waals surface area contributed by atoms with Crippen LogP contribution in [0.3, 0.4) is 0 Å².